The molecule has 1 aliphatic heterocycles. The third kappa shape index (κ3) is 6.20. The molecule has 1 aromatic carbocycles. The predicted octanol–water partition coefficient (Wildman–Crippen LogP) is 3.78. The van der Waals surface area contributed by atoms with Gasteiger partial charge in [-0.1, -0.05) is 44.2 Å². The number of aromatic nitrogens is 2. The largest absolute Gasteiger partial charge is 0.376 e. The third-order valence-electron chi connectivity index (χ3n) is 5.71. The van der Waals surface area contributed by atoms with E-state index in [1.807, 2.05) is 24.8 Å². The molecule has 1 atom stereocenters. The Morgan fingerprint density at radius 3 is 2.67 bits per heavy atom. The number of guanidine groups is 1. The Labute approximate surface area is 198 Å². The van der Waals surface area contributed by atoms with Gasteiger partial charge in [-0.05, 0) is 24.8 Å². The number of likely N-dealkylation sites (tertiary alicyclic amines) is 1. The van der Waals surface area contributed by atoms with Crippen LogP contribution in [-0.2, 0) is 37.8 Å². The fourth-order valence-electron chi connectivity index (χ4n) is 4.17. The van der Waals surface area contributed by atoms with Crippen LogP contribution < -0.4 is 5.32 Å². The zero-order valence-corrected chi connectivity index (χ0v) is 21.1. The molecule has 0 amide bonds. The SMILES string of the molecule is CCc1nn(C)c(CC)c1CNC(=NC)N1CCC(COCc2ccccc2)C1.I. The minimum Gasteiger partial charge on any atom is -0.376 e. The zero-order chi connectivity index (χ0) is 20.6. The zero-order valence-electron chi connectivity index (χ0n) is 18.7. The molecule has 166 valence electrons. The summed E-state index contributed by atoms with van der Waals surface area (Å²) in [5.74, 6) is 1.52. The monoisotopic (exact) mass is 525 g/mol. The lowest BCUT2D eigenvalue weighted by Gasteiger charge is -2.22. The van der Waals surface area contributed by atoms with Gasteiger partial charge in [0.2, 0.25) is 0 Å². The lowest BCUT2D eigenvalue weighted by molar-refractivity contribution is 0.0906. The second-order valence-corrected chi connectivity index (χ2v) is 7.70. The molecular weight excluding hydrogens is 489 g/mol. The molecular formula is C23H36IN5O. The summed E-state index contributed by atoms with van der Waals surface area (Å²) in [6.07, 6.45) is 3.08. The van der Waals surface area contributed by atoms with Crippen molar-refractivity contribution in [3.8, 4) is 0 Å². The highest BCUT2D eigenvalue weighted by molar-refractivity contribution is 14.0. The topological polar surface area (TPSA) is 54.7 Å². The van der Waals surface area contributed by atoms with Gasteiger partial charge in [0.25, 0.3) is 0 Å². The normalized spacial score (nSPS) is 16.6. The summed E-state index contributed by atoms with van der Waals surface area (Å²) >= 11 is 0. The number of aliphatic imine (C=N–C) groups is 1. The van der Waals surface area contributed by atoms with Crippen LogP contribution in [0.3, 0.4) is 0 Å². The highest BCUT2D eigenvalue weighted by atomic mass is 127. The van der Waals surface area contributed by atoms with Gasteiger partial charge < -0.3 is 15.0 Å². The fraction of sp³-hybridized carbons (Fsp3) is 0.565. The Kier molecular flexibility index (Phi) is 10.1. The first-order valence-corrected chi connectivity index (χ1v) is 10.8. The standard InChI is InChI=1S/C23H35N5O.HI/c1-5-21-20(22(6-2)27(4)26-21)14-25-23(24-3)28-13-12-19(15-28)17-29-16-18-10-8-7-9-11-18;/h7-11,19H,5-6,12-17H2,1-4H3,(H,24,25);1H. The maximum Gasteiger partial charge on any atom is 0.193 e. The number of nitrogens with zero attached hydrogens (tertiary/aromatic N) is 4. The number of benzene rings is 1. The van der Waals surface area contributed by atoms with Gasteiger partial charge in [-0.2, -0.15) is 5.10 Å². The third-order valence-corrected chi connectivity index (χ3v) is 5.71. The predicted molar refractivity (Wildman–Crippen MR) is 133 cm³/mol. The number of aryl methyl sites for hydroxylation is 2. The summed E-state index contributed by atoms with van der Waals surface area (Å²) in [5, 5.41) is 8.25. The van der Waals surface area contributed by atoms with Gasteiger partial charge in [0.15, 0.2) is 5.96 Å². The van der Waals surface area contributed by atoms with E-state index >= 15 is 0 Å². The molecule has 1 aliphatic rings. The second-order valence-electron chi connectivity index (χ2n) is 7.70. The molecule has 1 N–H and O–H groups in total. The van der Waals surface area contributed by atoms with Crippen LogP contribution in [0.5, 0.6) is 0 Å². The maximum absolute atomic E-state index is 5.96. The van der Waals surface area contributed by atoms with Gasteiger partial charge in [0.1, 0.15) is 0 Å². The van der Waals surface area contributed by atoms with Crippen molar-refractivity contribution < 1.29 is 4.74 Å². The van der Waals surface area contributed by atoms with Gasteiger partial charge in [0, 0.05) is 50.9 Å². The van der Waals surface area contributed by atoms with Crippen molar-refractivity contribution in [2.45, 2.75) is 46.3 Å². The smallest absolute Gasteiger partial charge is 0.193 e. The van der Waals surface area contributed by atoms with Crippen LogP contribution in [0.2, 0.25) is 0 Å². The first kappa shape index (κ1) is 24.7. The van der Waals surface area contributed by atoms with E-state index in [-0.39, 0.29) is 24.0 Å². The average molecular weight is 525 g/mol. The number of hydrogen-bond donors (Lipinski definition) is 1. The van der Waals surface area contributed by atoms with E-state index in [0.29, 0.717) is 12.5 Å². The number of halogens is 1. The number of ether oxygens (including phenoxy) is 1. The summed E-state index contributed by atoms with van der Waals surface area (Å²) in [6.45, 7) is 8.63. The van der Waals surface area contributed by atoms with E-state index < -0.39 is 0 Å². The van der Waals surface area contributed by atoms with Crippen molar-refractivity contribution >= 4 is 29.9 Å². The van der Waals surface area contributed by atoms with E-state index in [4.69, 9.17) is 4.74 Å². The minimum atomic E-state index is 0. The summed E-state index contributed by atoms with van der Waals surface area (Å²) in [5.41, 5.74) is 5.04. The van der Waals surface area contributed by atoms with Crippen LogP contribution in [0.15, 0.2) is 35.3 Å². The van der Waals surface area contributed by atoms with Crippen LogP contribution in [-0.4, -0.2) is 47.4 Å². The Morgan fingerprint density at radius 2 is 2.00 bits per heavy atom. The summed E-state index contributed by atoms with van der Waals surface area (Å²) < 4.78 is 7.98. The van der Waals surface area contributed by atoms with Crippen molar-refractivity contribution in [2.24, 2.45) is 18.0 Å². The highest BCUT2D eigenvalue weighted by Crippen LogP contribution is 2.19. The van der Waals surface area contributed by atoms with E-state index in [1.165, 1.54) is 22.5 Å². The molecule has 0 aliphatic carbocycles. The molecule has 0 bridgehead atoms. The number of hydrogen-bond acceptors (Lipinski definition) is 3. The summed E-state index contributed by atoms with van der Waals surface area (Å²) in [4.78, 5) is 6.88. The Balaban J connectivity index is 0.00000320. The van der Waals surface area contributed by atoms with Crippen molar-refractivity contribution in [3.63, 3.8) is 0 Å². The van der Waals surface area contributed by atoms with E-state index in [1.54, 1.807) is 0 Å². The van der Waals surface area contributed by atoms with E-state index in [2.05, 4.69) is 58.4 Å². The van der Waals surface area contributed by atoms with Gasteiger partial charge in [-0.25, -0.2) is 0 Å². The van der Waals surface area contributed by atoms with Crippen LogP contribution >= 0.6 is 24.0 Å². The molecule has 1 fully saturated rings. The van der Waals surface area contributed by atoms with Crippen molar-refractivity contribution in [1.29, 1.82) is 0 Å². The van der Waals surface area contributed by atoms with Gasteiger partial charge in [-0.3, -0.25) is 9.67 Å². The lowest BCUT2D eigenvalue weighted by atomic mass is 10.1. The van der Waals surface area contributed by atoms with Crippen LogP contribution in [0, 0.1) is 5.92 Å². The van der Waals surface area contributed by atoms with Crippen LogP contribution in [0.25, 0.3) is 0 Å². The number of nitrogens with one attached hydrogen (secondary N) is 1. The van der Waals surface area contributed by atoms with Gasteiger partial charge in [0.05, 0.1) is 18.9 Å². The molecule has 1 saturated heterocycles. The Hall–Kier alpha value is -1.61. The lowest BCUT2D eigenvalue weighted by Crippen LogP contribution is -2.40. The molecule has 30 heavy (non-hydrogen) atoms. The van der Waals surface area contributed by atoms with Crippen molar-refractivity contribution in [3.05, 3.63) is 52.8 Å². The molecule has 0 spiro atoms. The van der Waals surface area contributed by atoms with Gasteiger partial charge in [-0.15, -0.1) is 24.0 Å². The van der Waals surface area contributed by atoms with E-state index in [9.17, 15) is 0 Å². The molecule has 6 nitrogen and oxygen atoms in total. The first-order chi connectivity index (χ1) is 14.2. The summed E-state index contributed by atoms with van der Waals surface area (Å²) in [7, 11) is 3.91. The fourth-order valence-corrected chi connectivity index (χ4v) is 4.17. The second kappa shape index (κ2) is 12.3. The molecule has 2 heterocycles. The van der Waals surface area contributed by atoms with Crippen molar-refractivity contribution in [1.82, 2.24) is 20.0 Å². The van der Waals surface area contributed by atoms with E-state index in [0.717, 1.165) is 51.5 Å². The van der Waals surface area contributed by atoms with Crippen LogP contribution in [0.4, 0.5) is 0 Å². The Bertz CT molecular complexity index is 805. The highest BCUT2D eigenvalue weighted by Gasteiger charge is 2.25. The molecule has 3 rings (SSSR count). The summed E-state index contributed by atoms with van der Waals surface area (Å²) in [6, 6.07) is 10.4. The molecule has 0 saturated carbocycles. The Morgan fingerprint density at radius 1 is 1.23 bits per heavy atom. The minimum absolute atomic E-state index is 0. The molecule has 7 heteroatoms. The average Bonchev–Trinajstić information content (AvgIpc) is 3.33. The van der Waals surface area contributed by atoms with Gasteiger partial charge >= 0.3 is 0 Å². The van der Waals surface area contributed by atoms with Crippen LogP contribution in [0.1, 0.15) is 42.8 Å². The maximum atomic E-state index is 5.96. The molecule has 1 unspecified atom stereocenters. The molecule has 0 radical (unpaired) electrons. The number of rotatable bonds is 8. The van der Waals surface area contributed by atoms with Crippen molar-refractivity contribution in [2.75, 3.05) is 26.7 Å². The first-order valence-electron chi connectivity index (χ1n) is 10.8. The molecule has 1 aromatic heterocycles. The quantitative estimate of drug-likeness (QED) is 0.324. The molecule has 2 aromatic rings.